The minimum Gasteiger partial charge on any atom is -0.468 e. The van der Waals surface area contributed by atoms with Gasteiger partial charge < -0.3 is 4.74 Å². The van der Waals surface area contributed by atoms with Crippen molar-refractivity contribution < 1.29 is 9.53 Å². The van der Waals surface area contributed by atoms with E-state index in [2.05, 4.69) is 17.0 Å². The van der Waals surface area contributed by atoms with Crippen LogP contribution >= 0.6 is 0 Å². The molecule has 0 amide bonds. The van der Waals surface area contributed by atoms with Gasteiger partial charge in [-0.1, -0.05) is 30.3 Å². The fraction of sp³-hybridized carbons (Fsp3) is 0.462. The van der Waals surface area contributed by atoms with Crippen molar-refractivity contribution in [1.29, 1.82) is 0 Å². The van der Waals surface area contributed by atoms with Crippen LogP contribution in [0.4, 0.5) is 0 Å². The zero-order valence-electron chi connectivity index (χ0n) is 9.77. The lowest BCUT2D eigenvalue weighted by atomic mass is 9.86. The summed E-state index contributed by atoms with van der Waals surface area (Å²) in [5.74, 6) is -0.130. The van der Waals surface area contributed by atoms with Crippen molar-refractivity contribution in [1.82, 2.24) is 4.90 Å². The van der Waals surface area contributed by atoms with Gasteiger partial charge in [0, 0.05) is 13.1 Å². The van der Waals surface area contributed by atoms with Gasteiger partial charge in [-0.25, -0.2) is 0 Å². The number of nitrogens with zero attached hydrogens (tertiary/aromatic N) is 1. The van der Waals surface area contributed by atoms with Gasteiger partial charge in [0.15, 0.2) is 0 Å². The molecule has 2 rings (SSSR count). The lowest BCUT2D eigenvalue weighted by Gasteiger charge is -2.48. The van der Waals surface area contributed by atoms with Gasteiger partial charge in [-0.05, 0) is 18.9 Å². The summed E-state index contributed by atoms with van der Waals surface area (Å²) in [6, 6.07) is 10.2. The highest BCUT2D eigenvalue weighted by Crippen LogP contribution is 2.32. The zero-order chi connectivity index (χ0) is 11.6. The molecule has 1 aliphatic heterocycles. The quantitative estimate of drug-likeness (QED) is 0.726. The third kappa shape index (κ3) is 1.83. The summed E-state index contributed by atoms with van der Waals surface area (Å²) in [7, 11) is 1.45. The van der Waals surface area contributed by atoms with E-state index in [0.717, 1.165) is 19.5 Å². The molecule has 0 bridgehead atoms. The van der Waals surface area contributed by atoms with Gasteiger partial charge in [0.25, 0.3) is 0 Å². The largest absolute Gasteiger partial charge is 0.468 e. The van der Waals surface area contributed by atoms with Crippen LogP contribution in [-0.2, 0) is 16.1 Å². The third-order valence-electron chi connectivity index (χ3n) is 3.41. The Hall–Kier alpha value is -1.35. The first-order valence-corrected chi connectivity index (χ1v) is 5.54. The van der Waals surface area contributed by atoms with E-state index in [1.54, 1.807) is 0 Å². The van der Waals surface area contributed by atoms with Gasteiger partial charge in [-0.3, -0.25) is 9.69 Å². The molecule has 1 aliphatic rings. The topological polar surface area (TPSA) is 29.5 Å². The predicted molar refractivity (Wildman–Crippen MR) is 61.9 cm³/mol. The maximum atomic E-state index is 11.7. The minimum absolute atomic E-state index is 0.130. The molecular formula is C13H17NO2. The SMILES string of the molecule is COC(=O)C1(C)CCN1Cc1ccccc1. The molecule has 1 aromatic carbocycles. The Labute approximate surface area is 96.0 Å². The minimum atomic E-state index is -0.426. The number of methoxy groups -OCH3 is 1. The van der Waals surface area contributed by atoms with Gasteiger partial charge in [0.05, 0.1) is 7.11 Å². The summed E-state index contributed by atoms with van der Waals surface area (Å²) in [4.78, 5) is 13.8. The van der Waals surface area contributed by atoms with Gasteiger partial charge >= 0.3 is 5.97 Å². The molecule has 0 aromatic heterocycles. The highest BCUT2D eigenvalue weighted by molar-refractivity contribution is 5.81. The molecule has 1 atom stereocenters. The highest BCUT2D eigenvalue weighted by atomic mass is 16.5. The average Bonchev–Trinajstić information content (AvgIpc) is 2.34. The fourth-order valence-corrected chi connectivity index (χ4v) is 2.11. The first-order valence-electron chi connectivity index (χ1n) is 5.54. The van der Waals surface area contributed by atoms with E-state index < -0.39 is 5.54 Å². The van der Waals surface area contributed by atoms with Crippen LogP contribution in [0.3, 0.4) is 0 Å². The molecular weight excluding hydrogens is 202 g/mol. The van der Waals surface area contributed by atoms with Crippen LogP contribution in [0.1, 0.15) is 18.9 Å². The maximum absolute atomic E-state index is 11.7. The van der Waals surface area contributed by atoms with Crippen molar-refractivity contribution in [2.45, 2.75) is 25.4 Å². The Morgan fingerprint density at radius 2 is 2.12 bits per heavy atom. The van der Waals surface area contributed by atoms with Crippen LogP contribution in [0.15, 0.2) is 30.3 Å². The molecule has 1 fully saturated rings. The van der Waals surface area contributed by atoms with Gasteiger partial charge in [-0.15, -0.1) is 0 Å². The van der Waals surface area contributed by atoms with Crippen molar-refractivity contribution in [3.05, 3.63) is 35.9 Å². The molecule has 3 heteroatoms. The maximum Gasteiger partial charge on any atom is 0.326 e. The fourth-order valence-electron chi connectivity index (χ4n) is 2.11. The summed E-state index contributed by atoms with van der Waals surface area (Å²) in [5, 5.41) is 0. The van der Waals surface area contributed by atoms with Gasteiger partial charge in [0.2, 0.25) is 0 Å². The number of rotatable bonds is 3. The van der Waals surface area contributed by atoms with E-state index in [9.17, 15) is 4.79 Å². The predicted octanol–water partition coefficient (Wildman–Crippen LogP) is 1.82. The Morgan fingerprint density at radius 1 is 1.44 bits per heavy atom. The Morgan fingerprint density at radius 3 is 2.62 bits per heavy atom. The molecule has 0 spiro atoms. The van der Waals surface area contributed by atoms with Crippen molar-refractivity contribution in [2.24, 2.45) is 0 Å². The highest BCUT2D eigenvalue weighted by Gasteiger charge is 2.47. The average molecular weight is 219 g/mol. The lowest BCUT2D eigenvalue weighted by molar-refractivity contribution is -0.164. The van der Waals surface area contributed by atoms with Gasteiger partial charge in [-0.2, -0.15) is 0 Å². The summed E-state index contributed by atoms with van der Waals surface area (Å²) >= 11 is 0. The molecule has 1 heterocycles. The van der Waals surface area contributed by atoms with E-state index in [1.807, 2.05) is 25.1 Å². The summed E-state index contributed by atoms with van der Waals surface area (Å²) < 4.78 is 4.84. The Kier molecular flexibility index (Phi) is 2.97. The van der Waals surface area contributed by atoms with Crippen LogP contribution in [0.25, 0.3) is 0 Å². The Balaban J connectivity index is 2.05. The second kappa shape index (κ2) is 4.26. The van der Waals surface area contributed by atoms with Crippen LogP contribution in [0.2, 0.25) is 0 Å². The molecule has 0 saturated carbocycles. The molecule has 16 heavy (non-hydrogen) atoms. The van der Waals surface area contributed by atoms with E-state index in [1.165, 1.54) is 12.7 Å². The number of carbonyl (C=O) groups is 1. The van der Waals surface area contributed by atoms with Crippen LogP contribution in [0.5, 0.6) is 0 Å². The summed E-state index contributed by atoms with van der Waals surface area (Å²) in [6.07, 6.45) is 0.881. The smallest absolute Gasteiger partial charge is 0.326 e. The summed E-state index contributed by atoms with van der Waals surface area (Å²) in [6.45, 7) is 3.72. The molecule has 0 aliphatic carbocycles. The molecule has 1 aromatic rings. The number of hydrogen-bond acceptors (Lipinski definition) is 3. The van der Waals surface area contributed by atoms with Crippen molar-refractivity contribution in [2.75, 3.05) is 13.7 Å². The molecule has 0 radical (unpaired) electrons. The van der Waals surface area contributed by atoms with Crippen LogP contribution in [0, 0.1) is 0 Å². The lowest BCUT2D eigenvalue weighted by Crippen LogP contribution is -2.62. The molecule has 1 unspecified atom stereocenters. The van der Waals surface area contributed by atoms with Crippen molar-refractivity contribution in [3.63, 3.8) is 0 Å². The number of hydrogen-bond donors (Lipinski definition) is 0. The standard InChI is InChI=1S/C13H17NO2/c1-13(12(15)16-2)8-9-14(13)10-11-6-4-3-5-7-11/h3-7H,8-10H2,1-2H3. The number of benzene rings is 1. The summed E-state index contributed by atoms with van der Waals surface area (Å²) in [5.41, 5.74) is 0.808. The first-order chi connectivity index (χ1) is 7.66. The number of esters is 1. The molecule has 1 saturated heterocycles. The zero-order valence-corrected chi connectivity index (χ0v) is 9.77. The van der Waals surface area contributed by atoms with E-state index in [4.69, 9.17) is 4.74 Å². The number of ether oxygens (including phenoxy) is 1. The first kappa shape index (κ1) is 11.1. The normalized spacial score (nSPS) is 24.9. The molecule has 3 nitrogen and oxygen atoms in total. The number of carbonyl (C=O) groups excluding carboxylic acids is 1. The Bertz CT molecular complexity index is 377. The second-order valence-electron chi connectivity index (χ2n) is 4.42. The molecule has 86 valence electrons. The van der Waals surface area contributed by atoms with Crippen LogP contribution in [-0.4, -0.2) is 30.1 Å². The van der Waals surface area contributed by atoms with Crippen LogP contribution < -0.4 is 0 Å². The second-order valence-corrected chi connectivity index (χ2v) is 4.42. The van der Waals surface area contributed by atoms with E-state index in [-0.39, 0.29) is 5.97 Å². The van der Waals surface area contributed by atoms with Gasteiger partial charge in [0.1, 0.15) is 5.54 Å². The van der Waals surface area contributed by atoms with E-state index in [0.29, 0.717) is 0 Å². The third-order valence-corrected chi connectivity index (χ3v) is 3.41. The van der Waals surface area contributed by atoms with Crippen molar-refractivity contribution in [3.8, 4) is 0 Å². The molecule has 0 N–H and O–H groups in total. The van der Waals surface area contributed by atoms with E-state index >= 15 is 0 Å². The van der Waals surface area contributed by atoms with Crippen molar-refractivity contribution >= 4 is 5.97 Å². The monoisotopic (exact) mass is 219 g/mol. The number of likely N-dealkylation sites (tertiary alicyclic amines) is 1.